The van der Waals surface area contributed by atoms with Crippen LogP contribution in [0.2, 0.25) is 0 Å². The van der Waals surface area contributed by atoms with Crippen molar-refractivity contribution in [1.29, 1.82) is 0 Å². The zero-order valence-corrected chi connectivity index (χ0v) is 6.88. The van der Waals surface area contributed by atoms with E-state index in [9.17, 15) is 4.39 Å². The third-order valence-electron chi connectivity index (χ3n) is 1.47. The van der Waals surface area contributed by atoms with E-state index >= 15 is 0 Å². The molecular weight excluding hydrogens is 159 g/mol. The van der Waals surface area contributed by atoms with Gasteiger partial charge in [0, 0.05) is 6.07 Å². The molecule has 0 radical (unpaired) electrons. The molecule has 0 spiro atoms. The fourth-order valence-electron chi connectivity index (χ4n) is 0.939. The standard InChI is InChI=1S/C8H11FN2O/c1-12-8-5-6(2-3-10)4-7(9)11-8/h4-5H,2-3,10H2,1H3. The summed E-state index contributed by atoms with van der Waals surface area (Å²) in [5, 5.41) is 0. The molecule has 0 amide bonds. The summed E-state index contributed by atoms with van der Waals surface area (Å²) in [6, 6.07) is 3.03. The Hall–Kier alpha value is -1.16. The quantitative estimate of drug-likeness (QED) is 0.680. The molecular formula is C8H11FN2O. The van der Waals surface area contributed by atoms with Crippen LogP contribution < -0.4 is 10.5 Å². The Morgan fingerprint density at radius 1 is 1.58 bits per heavy atom. The number of nitrogens with zero attached hydrogens (tertiary/aromatic N) is 1. The highest BCUT2D eigenvalue weighted by Crippen LogP contribution is 2.11. The van der Waals surface area contributed by atoms with Crippen LogP contribution in [0.3, 0.4) is 0 Å². The lowest BCUT2D eigenvalue weighted by molar-refractivity contribution is 0.386. The number of hydrogen-bond donors (Lipinski definition) is 1. The van der Waals surface area contributed by atoms with Crippen LogP contribution in [0.15, 0.2) is 12.1 Å². The molecule has 0 saturated carbocycles. The molecule has 0 unspecified atom stereocenters. The molecule has 4 heteroatoms. The molecule has 0 aliphatic carbocycles. The summed E-state index contributed by atoms with van der Waals surface area (Å²) < 4.78 is 17.5. The third kappa shape index (κ3) is 2.17. The van der Waals surface area contributed by atoms with Crippen molar-refractivity contribution in [3.63, 3.8) is 0 Å². The second-order valence-corrected chi connectivity index (χ2v) is 2.38. The van der Waals surface area contributed by atoms with E-state index < -0.39 is 5.95 Å². The molecule has 12 heavy (non-hydrogen) atoms. The minimum absolute atomic E-state index is 0.290. The van der Waals surface area contributed by atoms with Gasteiger partial charge in [-0.25, -0.2) is 0 Å². The van der Waals surface area contributed by atoms with E-state index in [-0.39, 0.29) is 0 Å². The first kappa shape index (κ1) is 8.93. The van der Waals surface area contributed by atoms with E-state index in [2.05, 4.69) is 4.98 Å². The fraction of sp³-hybridized carbons (Fsp3) is 0.375. The Morgan fingerprint density at radius 3 is 2.92 bits per heavy atom. The lowest BCUT2D eigenvalue weighted by Crippen LogP contribution is -2.04. The Balaban J connectivity index is 2.90. The van der Waals surface area contributed by atoms with Crippen molar-refractivity contribution < 1.29 is 9.13 Å². The van der Waals surface area contributed by atoms with Gasteiger partial charge in [0.25, 0.3) is 0 Å². The predicted molar refractivity (Wildman–Crippen MR) is 43.5 cm³/mol. The van der Waals surface area contributed by atoms with E-state index in [1.807, 2.05) is 0 Å². The average molecular weight is 170 g/mol. The number of rotatable bonds is 3. The Bertz CT molecular complexity index is 265. The lowest BCUT2D eigenvalue weighted by atomic mass is 10.2. The van der Waals surface area contributed by atoms with Crippen molar-refractivity contribution in [2.45, 2.75) is 6.42 Å². The number of nitrogens with two attached hydrogens (primary N) is 1. The van der Waals surface area contributed by atoms with Gasteiger partial charge in [0.1, 0.15) is 0 Å². The monoisotopic (exact) mass is 170 g/mol. The molecule has 1 aromatic rings. The van der Waals surface area contributed by atoms with Crippen LogP contribution in [0.25, 0.3) is 0 Å². The zero-order valence-electron chi connectivity index (χ0n) is 6.88. The normalized spacial score (nSPS) is 9.92. The first-order valence-electron chi connectivity index (χ1n) is 3.67. The van der Waals surface area contributed by atoms with Gasteiger partial charge in [0.2, 0.25) is 11.8 Å². The number of pyridine rings is 1. The van der Waals surface area contributed by atoms with E-state index in [0.29, 0.717) is 18.8 Å². The van der Waals surface area contributed by atoms with Gasteiger partial charge in [-0.1, -0.05) is 0 Å². The van der Waals surface area contributed by atoms with Crippen molar-refractivity contribution in [2.75, 3.05) is 13.7 Å². The Morgan fingerprint density at radius 2 is 2.33 bits per heavy atom. The maximum atomic E-state index is 12.7. The van der Waals surface area contributed by atoms with Gasteiger partial charge in [-0.2, -0.15) is 9.37 Å². The first-order valence-corrected chi connectivity index (χ1v) is 3.67. The second-order valence-electron chi connectivity index (χ2n) is 2.38. The van der Waals surface area contributed by atoms with Crippen LogP contribution in [0, 0.1) is 5.95 Å². The first-order chi connectivity index (χ1) is 5.76. The summed E-state index contributed by atoms with van der Waals surface area (Å²) in [6.45, 7) is 0.493. The van der Waals surface area contributed by atoms with Crippen molar-refractivity contribution in [2.24, 2.45) is 5.73 Å². The molecule has 0 fully saturated rings. The highest BCUT2D eigenvalue weighted by molar-refractivity contribution is 5.21. The largest absolute Gasteiger partial charge is 0.481 e. The zero-order chi connectivity index (χ0) is 8.97. The van der Waals surface area contributed by atoms with Crippen LogP contribution in [-0.2, 0) is 6.42 Å². The van der Waals surface area contributed by atoms with E-state index in [1.165, 1.54) is 13.2 Å². The molecule has 1 heterocycles. The van der Waals surface area contributed by atoms with Crippen LogP contribution in [0.4, 0.5) is 4.39 Å². The number of halogens is 1. The summed E-state index contributed by atoms with van der Waals surface area (Å²) in [4.78, 5) is 3.50. The van der Waals surface area contributed by atoms with Crippen molar-refractivity contribution in [3.05, 3.63) is 23.6 Å². The van der Waals surface area contributed by atoms with E-state index in [1.54, 1.807) is 6.07 Å². The maximum absolute atomic E-state index is 12.7. The molecule has 0 aromatic carbocycles. The maximum Gasteiger partial charge on any atom is 0.216 e. The summed E-state index contributed by atoms with van der Waals surface area (Å²) in [5.41, 5.74) is 6.13. The molecule has 0 saturated heterocycles. The van der Waals surface area contributed by atoms with Crippen LogP contribution in [-0.4, -0.2) is 18.6 Å². The molecule has 0 aliphatic heterocycles. The third-order valence-corrected chi connectivity index (χ3v) is 1.47. The van der Waals surface area contributed by atoms with E-state index in [0.717, 1.165) is 5.56 Å². The fourth-order valence-corrected chi connectivity index (χ4v) is 0.939. The smallest absolute Gasteiger partial charge is 0.216 e. The summed E-state index contributed by atoms with van der Waals surface area (Å²) >= 11 is 0. The number of methoxy groups -OCH3 is 1. The average Bonchev–Trinajstić information content (AvgIpc) is 2.04. The minimum Gasteiger partial charge on any atom is -0.481 e. The molecule has 3 nitrogen and oxygen atoms in total. The lowest BCUT2D eigenvalue weighted by Gasteiger charge is -2.02. The van der Waals surface area contributed by atoms with Gasteiger partial charge in [-0.3, -0.25) is 0 Å². The van der Waals surface area contributed by atoms with E-state index in [4.69, 9.17) is 10.5 Å². The molecule has 1 aromatic heterocycles. The van der Waals surface area contributed by atoms with Crippen LogP contribution >= 0.6 is 0 Å². The SMILES string of the molecule is COc1cc(CCN)cc(F)n1. The summed E-state index contributed by atoms with van der Waals surface area (Å²) in [5.74, 6) is -0.240. The van der Waals surface area contributed by atoms with Crippen LogP contribution in [0.1, 0.15) is 5.56 Å². The second kappa shape index (κ2) is 4.01. The van der Waals surface area contributed by atoms with Gasteiger partial charge >= 0.3 is 0 Å². The molecule has 1 rings (SSSR count). The highest BCUT2D eigenvalue weighted by atomic mass is 19.1. The van der Waals surface area contributed by atoms with Crippen molar-refractivity contribution >= 4 is 0 Å². The van der Waals surface area contributed by atoms with Gasteiger partial charge in [-0.15, -0.1) is 0 Å². The molecule has 0 bridgehead atoms. The van der Waals surface area contributed by atoms with Crippen LogP contribution in [0.5, 0.6) is 5.88 Å². The predicted octanol–water partition coefficient (Wildman–Crippen LogP) is 0.731. The summed E-state index contributed by atoms with van der Waals surface area (Å²) in [6.07, 6.45) is 0.635. The molecule has 0 aliphatic rings. The molecule has 66 valence electrons. The number of aromatic nitrogens is 1. The molecule has 2 N–H and O–H groups in total. The highest BCUT2D eigenvalue weighted by Gasteiger charge is 2.00. The molecule has 0 atom stereocenters. The van der Waals surface area contributed by atoms with Gasteiger partial charge in [0.15, 0.2) is 0 Å². The Labute approximate surface area is 70.4 Å². The summed E-state index contributed by atoms with van der Waals surface area (Å²) in [7, 11) is 1.45. The minimum atomic E-state index is -0.530. The van der Waals surface area contributed by atoms with Crippen molar-refractivity contribution in [1.82, 2.24) is 4.98 Å². The Kier molecular flexibility index (Phi) is 2.99. The topological polar surface area (TPSA) is 48.1 Å². The van der Waals surface area contributed by atoms with Gasteiger partial charge in [0.05, 0.1) is 7.11 Å². The van der Waals surface area contributed by atoms with Crippen molar-refractivity contribution in [3.8, 4) is 5.88 Å². The number of ether oxygens (including phenoxy) is 1. The van der Waals surface area contributed by atoms with Gasteiger partial charge in [-0.05, 0) is 24.6 Å². The van der Waals surface area contributed by atoms with Gasteiger partial charge < -0.3 is 10.5 Å². The number of hydrogen-bond acceptors (Lipinski definition) is 3.